The first-order chi connectivity index (χ1) is 7.20. The number of ether oxygens (including phenoxy) is 1. The number of aryl methyl sites for hydroxylation is 2. The SMILES string of the molecule is Cc1nn(C)c(NC(=O)OC(C)(C)C)c1F. The molecule has 5 nitrogen and oxygen atoms in total. The fourth-order valence-electron chi connectivity index (χ4n) is 1.17. The van der Waals surface area contributed by atoms with E-state index in [1.54, 1.807) is 27.8 Å². The topological polar surface area (TPSA) is 56.2 Å². The van der Waals surface area contributed by atoms with E-state index in [0.717, 1.165) is 0 Å². The molecule has 0 fully saturated rings. The molecule has 1 aromatic heterocycles. The predicted octanol–water partition coefficient (Wildman–Crippen LogP) is 2.21. The minimum absolute atomic E-state index is 0.00625. The summed E-state index contributed by atoms with van der Waals surface area (Å²) in [7, 11) is 1.54. The molecular formula is C10H16FN3O2. The Morgan fingerprint density at radius 2 is 2.06 bits per heavy atom. The van der Waals surface area contributed by atoms with Gasteiger partial charge in [-0.3, -0.25) is 5.32 Å². The maximum Gasteiger partial charge on any atom is 0.413 e. The summed E-state index contributed by atoms with van der Waals surface area (Å²) in [5.74, 6) is -0.542. The summed E-state index contributed by atoms with van der Waals surface area (Å²) < 4.78 is 19.7. The molecule has 1 N–H and O–H groups in total. The quantitative estimate of drug-likeness (QED) is 0.803. The van der Waals surface area contributed by atoms with Gasteiger partial charge in [-0.1, -0.05) is 0 Å². The van der Waals surface area contributed by atoms with E-state index in [9.17, 15) is 9.18 Å². The summed E-state index contributed by atoms with van der Waals surface area (Å²) in [6, 6.07) is 0. The Morgan fingerprint density at radius 3 is 2.44 bits per heavy atom. The first kappa shape index (κ1) is 12.5. The van der Waals surface area contributed by atoms with Crippen molar-refractivity contribution in [2.75, 3.05) is 5.32 Å². The number of anilines is 1. The van der Waals surface area contributed by atoms with Crippen molar-refractivity contribution in [3.63, 3.8) is 0 Å². The highest BCUT2D eigenvalue weighted by atomic mass is 19.1. The molecule has 0 spiro atoms. The second-order valence-electron chi connectivity index (χ2n) is 4.50. The standard InChI is InChI=1S/C10H16FN3O2/c1-6-7(11)8(14(5)13-6)12-9(15)16-10(2,3)4/h1-5H3,(H,12,15). The molecule has 0 radical (unpaired) electrons. The number of hydrogen-bond acceptors (Lipinski definition) is 3. The van der Waals surface area contributed by atoms with Crippen molar-refractivity contribution in [2.45, 2.75) is 33.3 Å². The van der Waals surface area contributed by atoms with Crippen LogP contribution in [-0.2, 0) is 11.8 Å². The van der Waals surface area contributed by atoms with Gasteiger partial charge >= 0.3 is 6.09 Å². The Labute approximate surface area is 93.6 Å². The maximum absolute atomic E-state index is 13.5. The van der Waals surface area contributed by atoms with E-state index in [2.05, 4.69) is 10.4 Å². The number of nitrogens with one attached hydrogen (secondary N) is 1. The van der Waals surface area contributed by atoms with Gasteiger partial charge in [0.25, 0.3) is 0 Å². The molecule has 0 saturated heterocycles. The van der Waals surface area contributed by atoms with Gasteiger partial charge in [0.2, 0.25) is 0 Å². The van der Waals surface area contributed by atoms with Gasteiger partial charge < -0.3 is 4.74 Å². The highest BCUT2D eigenvalue weighted by Gasteiger charge is 2.20. The van der Waals surface area contributed by atoms with E-state index in [-0.39, 0.29) is 11.5 Å². The summed E-state index contributed by atoms with van der Waals surface area (Å²) in [5.41, 5.74) is -0.387. The van der Waals surface area contributed by atoms with Gasteiger partial charge in [-0.25, -0.2) is 13.9 Å². The van der Waals surface area contributed by atoms with Crippen LogP contribution in [0.15, 0.2) is 0 Å². The van der Waals surface area contributed by atoms with Crippen LogP contribution >= 0.6 is 0 Å². The minimum Gasteiger partial charge on any atom is -0.444 e. The molecule has 1 rings (SSSR count). The van der Waals surface area contributed by atoms with E-state index in [1.165, 1.54) is 11.6 Å². The van der Waals surface area contributed by atoms with Crippen molar-refractivity contribution >= 4 is 11.9 Å². The third kappa shape index (κ3) is 2.95. The molecule has 0 aliphatic heterocycles. The average Bonchev–Trinajstić information content (AvgIpc) is 2.29. The second-order valence-corrected chi connectivity index (χ2v) is 4.50. The lowest BCUT2D eigenvalue weighted by molar-refractivity contribution is 0.0634. The van der Waals surface area contributed by atoms with Crippen LogP contribution in [-0.4, -0.2) is 21.5 Å². The fraction of sp³-hybridized carbons (Fsp3) is 0.600. The van der Waals surface area contributed by atoms with Crippen molar-refractivity contribution in [3.8, 4) is 0 Å². The molecule has 0 atom stereocenters. The van der Waals surface area contributed by atoms with E-state index < -0.39 is 17.5 Å². The largest absolute Gasteiger partial charge is 0.444 e. The number of nitrogens with zero attached hydrogens (tertiary/aromatic N) is 2. The Bertz CT molecular complexity index is 407. The van der Waals surface area contributed by atoms with E-state index in [1.807, 2.05) is 0 Å². The Hall–Kier alpha value is -1.59. The van der Waals surface area contributed by atoms with Crippen molar-refractivity contribution < 1.29 is 13.9 Å². The van der Waals surface area contributed by atoms with Crippen LogP contribution < -0.4 is 5.32 Å². The van der Waals surface area contributed by atoms with Crippen LogP contribution in [0.2, 0.25) is 0 Å². The molecule has 0 aliphatic rings. The Balaban J connectivity index is 2.78. The summed E-state index contributed by atoms with van der Waals surface area (Å²) in [6.45, 7) is 6.72. The van der Waals surface area contributed by atoms with E-state index in [4.69, 9.17) is 4.74 Å². The van der Waals surface area contributed by atoms with Crippen molar-refractivity contribution in [2.24, 2.45) is 7.05 Å². The number of rotatable bonds is 1. The van der Waals surface area contributed by atoms with E-state index in [0.29, 0.717) is 0 Å². The lowest BCUT2D eigenvalue weighted by Crippen LogP contribution is -2.28. The first-order valence-electron chi connectivity index (χ1n) is 4.90. The van der Waals surface area contributed by atoms with Gasteiger partial charge in [-0.15, -0.1) is 0 Å². The third-order valence-electron chi connectivity index (χ3n) is 1.77. The van der Waals surface area contributed by atoms with Gasteiger partial charge in [-0.05, 0) is 27.7 Å². The van der Waals surface area contributed by atoms with Gasteiger partial charge in [-0.2, -0.15) is 5.10 Å². The predicted molar refractivity (Wildman–Crippen MR) is 57.8 cm³/mol. The summed E-state index contributed by atoms with van der Waals surface area (Å²) in [4.78, 5) is 11.4. The smallest absolute Gasteiger partial charge is 0.413 e. The highest BCUT2D eigenvalue weighted by Crippen LogP contribution is 2.17. The molecule has 0 aliphatic carbocycles. The molecule has 0 bridgehead atoms. The molecule has 1 amide bonds. The van der Waals surface area contributed by atoms with Crippen molar-refractivity contribution in [3.05, 3.63) is 11.5 Å². The maximum atomic E-state index is 13.5. The van der Waals surface area contributed by atoms with Gasteiger partial charge in [0, 0.05) is 7.05 Å². The average molecular weight is 229 g/mol. The summed E-state index contributed by atoms with van der Waals surface area (Å²) in [6.07, 6.45) is -0.700. The fourth-order valence-corrected chi connectivity index (χ4v) is 1.17. The van der Waals surface area contributed by atoms with Crippen molar-refractivity contribution in [1.29, 1.82) is 0 Å². The molecule has 0 saturated carbocycles. The third-order valence-corrected chi connectivity index (χ3v) is 1.77. The van der Waals surface area contributed by atoms with Crippen LogP contribution in [0.5, 0.6) is 0 Å². The number of amides is 1. The molecule has 16 heavy (non-hydrogen) atoms. The number of carbonyl (C=O) groups is 1. The highest BCUT2D eigenvalue weighted by molar-refractivity contribution is 5.84. The lowest BCUT2D eigenvalue weighted by atomic mass is 10.2. The van der Waals surface area contributed by atoms with Crippen LogP contribution in [0, 0.1) is 12.7 Å². The zero-order valence-electron chi connectivity index (χ0n) is 10.1. The van der Waals surface area contributed by atoms with Crippen LogP contribution in [0.1, 0.15) is 26.5 Å². The van der Waals surface area contributed by atoms with Gasteiger partial charge in [0.15, 0.2) is 11.6 Å². The molecule has 6 heteroatoms. The lowest BCUT2D eigenvalue weighted by Gasteiger charge is -2.19. The van der Waals surface area contributed by atoms with E-state index >= 15 is 0 Å². The van der Waals surface area contributed by atoms with Crippen LogP contribution in [0.25, 0.3) is 0 Å². The molecular weight excluding hydrogens is 213 g/mol. The first-order valence-corrected chi connectivity index (χ1v) is 4.90. The molecule has 1 heterocycles. The molecule has 90 valence electrons. The minimum atomic E-state index is -0.700. The van der Waals surface area contributed by atoms with Crippen LogP contribution in [0.4, 0.5) is 15.0 Å². The molecule has 0 unspecified atom stereocenters. The second kappa shape index (κ2) is 4.11. The number of carbonyl (C=O) groups excluding carboxylic acids is 1. The number of aromatic nitrogens is 2. The number of hydrogen-bond donors (Lipinski definition) is 1. The Morgan fingerprint density at radius 1 is 1.50 bits per heavy atom. The Kier molecular flexibility index (Phi) is 3.21. The van der Waals surface area contributed by atoms with Gasteiger partial charge in [0.05, 0.1) is 5.69 Å². The number of halogens is 1. The van der Waals surface area contributed by atoms with Crippen LogP contribution in [0.3, 0.4) is 0 Å². The monoisotopic (exact) mass is 229 g/mol. The summed E-state index contributed by atoms with van der Waals surface area (Å²) >= 11 is 0. The zero-order valence-corrected chi connectivity index (χ0v) is 10.1. The molecule has 0 aromatic carbocycles. The van der Waals surface area contributed by atoms with Crippen molar-refractivity contribution in [1.82, 2.24) is 9.78 Å². The molecule has 1 aromatic rings. The zero-order chi connectivity index (χ0) is 12.5. The van der Waals surface area contributed by atoms with Gasteiger partial charge in [0.1, 0.15) is 5.60 Å². The normalized spacial score (nSPS) is 11.4. The summed E-state index contributed by atoms with van der Waals surface area (Å²) in [5, 5.41) is 6.15.